The van der Waals surface area contributed by atoms with Crippen LogP contribution >= 0.6 is 23.4 Å². The number of para-hydroxylation sites is 1. The second-order valence-corrected chi connectivity index (χ2v) is 9.48. The number of carbonyl (C=O) groups is 2. The number of furan rings is 1. The Morgan fingerprint density at radius 2 is 1.68 bits per heavy atom. The first-order valence-corrected chi connectivity index (χ1v) is 12.0. The quantitative estimate of drug-likeness (QED) is 0.346. The Balaban J connectivity index is 1.51. The van der Waals surface area contributed by atoms with Gasteiger partial charge >= 0.3 is 0 Å². The van der Waals surface area contributed by atoms with Crippen molar-refractivity contribution in [1.82, 2.24) is 4.90 Å². The summed E-state index contributed by atoms with van der Waals surface area (Å²) >= 11 is 7.63. The number of anilines is 1. The van der Waals surface area contributed by atoms with Crippen LogP contribution in [0.3, 0.4) is 0 Å². The van der Waals surface area contributed by atoms with E-state index < -0.39 is 6.04 Å². The van der Waals surface area contributed by atoms with E-state index in [4.69, 9.17) is 16.0 Å². The molecule has 0 saturated heterocycles. The van der Waals surface area contributed by atoms with Crippen LogP contribution in [0.4, 0.5) is 5.69 Å². The zero-order chi connectivity index (χ0) is 23.5. The maximum absolute atomic E-state index is 13.7. The summed E-state index contributed by atoms with van der Waals surface area (Å²) < 4.78 is 5.52. The summed E-state index contributed by atoms with van der Waals surface area (Å²) in [5, 5.41) is 3.61. The lowest BCUT2D eigenvalue weighted by atomic mass is 10.1. The molecule has 5 nitrogen and oxygen atoms in total. The molecule has 3 aromatic carbocycles. The number of carbonyl (C=O) groups excluding carboxylic acids is 2. The van der Waals surface area contributed by atoms with E-state index in [9.17, 15) is 9.59 Å². The van der Waals surface area contributed by atoms with Crippen LogP contribution in [-0.4, -0.2) is 22.8 Å². The van der Waals surface area contributed by atoms with Gasteiger partial charge in [0, 0.05) is 27.8 Å². The maximum Gasteiger partial charge on any atom is 0.256 e. The fraction of sp³-hybridized carbons (Fsp3) is 0.111. The molecule has 1 unspecified atom stereocenters. The average molecular weight is 489 g/mol. The van der Waals surface area contributed by atoms with Gasteiger partial charge in [-0.25, -0.2) is 0 Å². The highest BCUT2D eigenvalue weighted by atomic mass is 35.5. The van der Waals surface area contributed by atoms with E-state index in [1.807, 2.05) is 60.7 Å². The second kappa shape index (κ2) is 9.79. The third-order valence-corrected chi connectivity index (χ3v) is 7.06. The molecule has 0 bridgehead atoms. The van der Waals surface area contributed by atoms with Gasteiger partial charge in [0.25, 0.3) is 5.91 Å². The van der Waals surface area contributed by atoms with Crippen molar-refractivity contribution in [2.75, 3.05) is 5.32 Å². The lowest BCUT2D eigenvalue weighted by Crippen LogP contribution is -2.46. The van der Waals surface area contributed by atoms with Crippen molar-refractivity contribution in [1.29, 1.82) is 0 Å². The predicted molar refractivity (Wildman–Crippen MR) is 133 cm³/mol. The number of nitrogens with one attached hydrogen (secondary N) is 1. The van der Waals surface area contributed by atoms with E-state index in [-0.39, 0.29) is 24.8 Å². The molecule has 2 heterocycles. The highest BCUT2D eigenvalue weighted by Crippen LogP contribution is 2.33. The summed E-state index contributed by atoms with van der Waals surface area (Å²) in [5.74, 6) is 0.210. The SMILES string of the molecule is O=C1Nc2ccccc2C(=O)N(Cc2ccccc2Sc2ccc(Cl)cc2)C1Cc1ccco1. The number of benzene rings is 3. The van der Waals surface area contributed by atoms with E-state index >= 15 is 0 Å². The van der Waals surface area contributed by atoms with Gasteiger partial charge in [-0.1, -0.05) is 53.7 Å². The zero-order valence-electron chi connectivity index (χ0n) is 18.1. The van der Waals surface area contributed by atoms with E-state index in [2.05, 4.69) is 5.32 Å². The zero-order valence-corrected chi connectivity index (χ0v) is 19.7. The second-order valence-electron chi connectivity index (χ2n) is 7.93. The molecule has 170 valence electrons. The summed E-state index contributed by atoms with van der Waals surface area (Å²) in [4.78, 5) is 30.7. The number of rotatable bonds is 6. The summed E-state index contributed by atoms with van der Waals surface area (Å²) in [6.45, 7) is 0.280. The third kappa shape index (κ3) is 4.74. The molecular formula is C27H21ClN2O3S. The lowest BCUT2D eigenvalue weighted by Gasteiger charge is -2.29. The van der Waals surface area contributed by atoms with E-state index in [1.54, 1.807) is 47.2 Å². The molecule has 5 rings (SSSR count). The molecule has 34 heavy (non-hydrogen) atoms. The van der Waals surface area contributed by atoms with E-state index in [0.29, 0.717) is 22.0 Å². The Morgan fingerprint density at radius 3 is 2.47 bits per heavy atom. The van der Waals surface area contributed by atoms with Crippen LogP contribution < -0.4 is 5.32 Å². The van der Waals surface area contributed by atoms with Gasteiger partial charge in [0.1, 0.15) is 11.8 Å². The summed E-state index contributed by atoms with van der Waals surface area (Å²) in [7, 11) is 0. The Kier molecular flexibility index (Phi) is 6.43. The number of fused-ring (bicyclic) bond motifs is 1. The van der Waals surface area contributed by atoms with Crippen LogP contribution in [0.2, 0.25) is 5.02 Å². The molecule has 0 saturated carbocycles. The topological polar surface area (TPSA) is 62.6 Å². The summed E-state index contributed by atoms with van der Waals surface area (Å²) in [5.41, 5.74) is 1.95. The molecule has 1 N–H and O–H groups in total. The molecule has 7 heteroatoms. The minimum atomic E-state index is -0.723. The number of hydrogen-bond donors (Lipinski definition) is 1. The fourth-order valence-corrected chi connectivity index (χ4v) is 5.05. The van der Waals surface area contributed by atoms with Crippen molar-refractivity contribution >= 4 is 40.9 Å². The van der Waals surface area contributed by atoms with Crippen molar-refractivity contribution < 1.29 is 14.0 Å². The average Bonchev–Trinajstić information content (AvgIpc) is 3.34. The third-order valence-electron chi connectivity index (χ3n) is 5.68. The van der Waals surface area contributed by atoms with Gasteiger partial charge < -0.3 is 14.6 Å². The highest BCUT2D eigenvalue weighted by Gasteiger charge is 2.36. The standard InChI is InChI=1S/C27H21ClN2O3S/c28-19-11-13-21(14-12-19)34-25-10-4-1-6-18(25)17-30-24(16-20-7-5-15-33-20)26(31)29-23-9-3-2-8-22(23)27(30)32/h1-15,24H,16-17H2,(H,29,31). The molecule has 1 aliphatic rings. The molecule has 0 radical (unpaired) electrons. The molecule has 2 amide bonds. The van der Waals surface area contributed by atoms with Crippen LogP contribution in [0, 0.1) is 0 Å². The Labute approximate surface area is 206 Å². The van der Waals surface area contributed by atoms with Gasteiger partial charge in [0.15, 0.2) is 0 Å². The molecule has 0 spiro atoms. The fourth-order valence-electron chi connectivity index (χ4n) is 3.98. The molecule has 1 aromatic heterocycles. The van der Waals surface area contributed by atoms with Gasteiger partial charge in [0.2, 0.25) is 5.91 Å². The van der Waals surface area contributed by atoms with Crippen LogP contribution in [0.1, 0.15) is 21.7 Å². The first-order chi connectivity index (χ1) is 16.6. The molecule has 0 fully saturated rings. The van der Waals surface area contributed by atoms with Crippen LogP contribution in [0.5, 0.6) is 0 Å². The number of amides is 2. The van der Waals surface area contributed by atoms with Gasteiger partial charge in [-0.05, 0) is 60.2 Å². The number of hydrogen-bond acceptors (Lipinski definition) is 4. The van der Waals surface area contributed by atoms with Gasteiger partial charge in [-0.3, -0.25) is 9.59 Å². The van der Waals surface area contributed by atoms with E-state index in [1.165, 1.54) is 0 Å². The van der Waals surface area contributed by atoms with Crippen LogP contribution in [0.25, 0.3) is 0 Å². The van der Waals surface area contributed by atoms with E-state index in [0.717, 1.165) is 15.4 Å². The normalized spacial score (nSPS) is 15.6. The maximum atomic E-state index is 13.7. The smallest absolute Gasteiger partial charge is 0.256 e. The highest BCUT2D eigenvalue weighted by molar-refractivity contribution is 7.99. The Bertz CT molecular complexity index is 1320. The van der Waals surface area contributed by atoms with Crippen molar-refractivity contribution in [2.24, 2.45) is 0 Å². The minimum Gasteiger partial charge on any atom is -0.469 e. The number of nitrogens with zero attached hydrogens (tertiary/aromatic N) is 1. The first-order valence-electron chi connectivity index (χ1n) is 10.8. The van der Waals surface area contributed by atoms with Gasteiger partial charge in [-0.15, -0.1) is 0 Å². The molecular weight excluding hydrogens is 468 g/mol. The largest absolute Gasteiger partial charge is 0.469 e. The predicted octanol–water partition coefficient (Wildman–Crippen LogP) is 6.29. The molecule has 1 atom stereocenters. The monoisotopic (exact) mass is 488 g/mol. The lowest BCUT2D eigenvalue weighted by molar-refractivity contribution is -0.120. The van der Waals surface area contributed by atoms with Crippen molar-refractivity contribution in [2.45, 2.75) is 28.8 Å². The molecule has 4 aromatic rings. The minimum absolute atomic E-state index is 0.197. The van der Waals surface area contributed by atoms with Crippen molar-refractivity contribution in [3.63, 3.8) is 0 Å². The molecule has 1 aliphatic heterocycles. The first kappa shape index (κ1) is 22.3. The Morgan fingerprint density at radius 1 is 0.912 bits per heavy atom. The van der Waals surface area contributed by atoms with Crippen molar-refractivity contribution in [3.05, 3.63) is 113 Å². The van der Waals surface area contributed by atoms with Crippen LogP contribution in [0.15, 0.2) is 105 Å². The summed E-state index contributed by atoms with van der Waals surface area (Å²) in [6.07, 6.45) is 1.86. The molecule has 0 aliphatic carbocycles. The van der Waals surface area contributed by atoms with Crippen LogP contribution in [-0.2, 0) is 17.8 Å². The van der Waals surface area contributed by atoms with Gasteiger partial charge in [0.05, 0.1) is 17.5 Å². The Hall–Kier alpha value is -3.48. The summed E-state index contributed by atoms with van der Waals surface area (Å²) in [6, 6.07) is 25.5. The van der Waals surface area contributed by atoms with Gasteiger partial charge in [-0.2, -0.15) is 0 Å². The number of halogens is 1. The van der Waals surface area contributed by atoms with Crippen molar-refractivity contribution in [3.8, 4) is 0 Å².